The van der Waals surface area contributed by atoms with Crippen LogP contribution in [0.2, 0.25) is 0 Å². The Hall–Kier alpha value is -2.04. The molecule has 1 N–H and O–H groups in total. The largest absolute Gasteiger partial charge is 0.481 e. The molecule has 0 aromatic heterocycles. The van der Waals surface area contributed by atoms with Crippen molar-refractivity contribution in [3.63, 3.8) is 0 Å². The number of carbonyl (C=O) groups excluding carboxylic acids is 1. The van der Waals surface area contributed by atoms with Crippen LogP contribution in [-0.2, 0) is 9.59 Å². The van der Waals surface area contributed by atoms with E-state index in [9.17, 15) is 9.59 Å². The van der Waals surface area contributed by atoms with Crippen LogP contribution < -0.4 is 4.90 Å². The number of anilines is 1. The number of nitrogens with zero attached hydrogens (tertiary/aromatic N) is 2. The summed E-state index contributed by atoms with van der Waals surface area (Å²) in [7, 11) is 0. The molecule has 1 aliphatic rings. The summed E-state index contributed by atoms with van der Waals surface area (Å²) < 4.78 is 0. The number of para-hydroxylation sites is 1. The lowest BCUT2D eigenvalue weighted by Crippen LogP contribution is -2.51. The molecule has 1 saturated heterocycles. The molecular formula is C15H20N2O3. The van der Waals surface area contributed by atoms with Crippen molar-refractivity contribution in [2.75, 3.05) is 31.1 Å². The van der Waals surface area contributed by atoms with E-state index in [2.05, 4.69) is 4.90 Å². The monoisotopic (exact) mass is 276 g/mol. The van der Waals surface area contributed by atoms with Crippen molar-refractivity contribution >= 4 is 17.6 Å². The minimum Gasteiger partial charge on any atom is -0.481 e. The van der Waals surface area contributed by atoms with Crippen LogP contribution in [0.3, 0.4) is 0 Å². The van der Waals surface area contributed by atoms with Crippen LogP contribution in [0, 0.1) is 5.92 Å². The van der Waals surface area contributed by atoms with Gasteiger partial charge in [0.15, 0.2) is 0 Å². The molecule has 1 amide bonds. The fraction of sp³-hybridized carbons (Fsp3) is 0.467. The lowest BCUT2D eigenvalue weighted by Gasteiger charge is -2.37. The predicted octanol–water partition coefficient (Wildman–Crippen LogP) is 1.45. The Morgan fingerprint density at radius 2 is 1.75 bits per heavy atom. The second-order valence-corrected chi connectivity index (χ2v) is 4.95. The summed E-state index contributed by atoms with van der Waals surface area (Å²) in [6, 6.07) is 10.0. The van der Waals surface area contributed by atoms with Crippen molar-refractivity contribution in [3.05, 3.63) is 30.3 Å². The van der Waals surface area contributed by atoms with Crippen molar-refractivity contribution < 1.29 is 14.7 Å². The summed E-state index contributed by atoms with van der Waals surface area (Å²) in [6.45, 7) is 4.38. The average molecular weight is 276 g/mol. The van der Waals surface area contributed by atoms with Gasteiger partial charge in [-0.05, 0) is 18.6 Å². The smallest absolute Gasteiger partial charge is 0.316 e. The van der Waals surface area contributed by atoms with Crippen molar-refractivity contribution in [2.45, 2.75) is 13.3 Å². The van der Waals surface area contributed by atoms with Gasteiger partial charge >= 0.3 is 5.97 Å². The van der Waals surface area contributed by atoms with Gasteiger partial charge in [-0.1, -0.05) is 25.1 Å². The van der Waals surface area contributed by atoms with Gasteiger partial charge in [-0.25, -0.2) is 0 Å². The van der Waals surface area contributed by atoms with Gasteiger partial charge in [0, 0.05) is 31.9 Å². The van der Waals surface area contributed by atoms with Crippen molar-refractivity contribution in [1.82, 2.24) is 4.90 Å². The number of aliphatic carboxylic acids is 1. The second-order valence-electron chi connectivity index (χ2n) is 4.95. The molecule has 1 heterocycles. The van der Waals surface area contributed by atoms with E-state index >= 15 is 0 Å². The average Bonchev–Trinajstić information content (AvgIpc) is 2.48. The van der Waals surface area contributed by atoms with E-state index in [-0.39, 0.29) is 5.91 Å². The minimum atomic E-state index is -1.03. The molecule has 0 bridgehead atoms. The van der Waals surface area contributed by atoms with Gasteiger partial charge in [-0.3, -0.25) is 9.59 Å². The highest BCUT2D eigenvalue weighted by molar-refractivity contribution is 5.97. The van der Waals surface area contributed by atoms with Crippen LogP contribution in [0.25, 0.3) is 0 Å². The van der Waals surface area contributed by atoms with Crippen molar-refractivity contribution in [1.29, 1.82) is 0 Å². The van der Waals surface area contributed by atoms with Gasteiger partial charge in [0.25, 0.3) is 0 Å². The van der Waals surface area contributed by atoms with Crippen molar-refractivity contribution in [3.8, 4) is 0 Å². The molecule has 5 heteroatoms. The van der Waals surface area contributed by atoms with Gasteiger partial charge in [0.05, 0.1) is 0 Å². The number of carboxylic acids is 1. The molecule has 108 valence electrons. The number of amides is 1. The Kier molecular flexibility index (Phi) is 4.61. The zero-order valence-corrected chi connectivity index (χ0v) is 11.7. The number of rotatable bonds is 4. The Balaban J connectivity index is 1.94. The Bertz CT molecular complexity index is 467. The van der Waals surface area contributed by atoms with E-state index in [1.165, 1.54) is 0 Å². The quantitative estimate of drug-likeness (QED) is 0.845. The van der Waals surface area contributed by atoms with Crippen LogP contribution in [-0.4, -0.2) is 48.1 Å². The van der Waals surface area contributed by atoms with Crippen LogP contribution >= 0.6 is 0 Å². The number of benzene rings is 1. The maximum absolute atomic E-state index is 12.1. The van der Waals surface area contributed by atoms with Gasteiger partial charge in [0.1, 0.15) is 5.92 Å². The van der Waals surface area contributed by atoms with Crippen LogP contribution in [0.5, 0.6) is 0 Å². The summed E-state index contributed by atoms with van der Waals surface area (Å²) in [5, 5.41) is 9.05. The maximum atomic E-state index is 12.1. The second kappa shape index (κ2) is 6.41. The summed E-state index contributed by atoms with van der Waals surface area (Å²) in [5.74, 6) is -2.19. The molecular weight excluding hydrogens is 256 g/mol. The number of hydrogen-bond acceptors (Lipinski definition) is 3. The molecule has 1 fully saturated rings. The molecule has 1 aliphatic heterocycles. The number of carbonyl (C=O) groups is 2. The Labute approximate surface area is 118 Å². The summed E-state index contributed by atoms with van der Waals surface area (Å²) in [6.07, 6.45) is 0.340. The van der Waals surface area contributed by atoms with E-state index in [1.54, 1.807) is 11.8 Å². The first-order chi connectivity index (χ1) is 9.63. The van der Waals surface area contributed by atoms with Crippen LogP contribution in [0.4, 0.5) is 5.69 Å². The topological polar surface area (TPSA) is 60.9 Å². The third-order valence-electron chi connectivity index (χ3n) is 3.72. The molecule has 1 aromatic rings. The fourth-order valence-corrected chi connectivity index (χ4v) is 2.50. The molecule has 1 unspecified atom stereocenters. The Morgan fingerprint density at radius 3 is 2.25 bits per heavy atom. The predicted molar refractivity (Wildman–Crippen MR) is 76.7 cm³/mol. The first kappa shape index (κ1) is 14.4. The highest BCUT2D eigenvalue weighted by Gasteiger charge is 2.30. The third-order valence-corrected chi connectivity index (χ3v) is 3.72. The first-order valence-electron chi connectivity index (χ1n) is 6.95. The normalized spacial score (nSPS) is 16.9. The SMILES string of the molecule is CCC(C(=O)O)C(=O)N1CCN(c2ccccc2)CC1. The summed E-state index contributed by atoms with van der Waals surface area (Å²) in [5.41, 5.74) is 1.14. The van der Waals surface area contributed by atoms with E-state index in [0.717, 1.165) is 18.8 Å². The first-order valence-corrected chi connectivity index (χ1v) is 6.95. The molecule has 0 spiro atoms. The minimum absolute atomic E-state index is 0.257. The lowest BCUT2D eigenvalue weighted by molar-refractivity contribution is -0.151. The molecule has 0 radical (unpaired) electrons. The van der Waals surface area contributed by atoms with Crippen LogP contribution in [0.15, 0.2) is 30.3 Å². The zero-order valence-electron chi connectivity index (χ0n) is 11.7. The number of carboxylic acid groups (broad SMARTS) is 1. The number of piperazine rings is 1. The molecule has 5 nitrogen and oxygen atoms in total. The number of hydrogen-bond donors (Lipinski definition) is 1. The lowest BCUT2D eigenvalue weighted by atomic mass is 10.0. The molecule has 20 heavy (non-hydrogen) atoms. The van der Waals surface area contributed by atoms with E-state index in [1.807, 2.05) is 30.3 Å². The van der Waals surface area contributed by atoms with E-state index < -0.39 is 11.9 Å². The molecule has 1 aromatic carbocycles. The molecule has 0 aliphatic carbocycles. The highest BCUT2D eigenvalue weighted by atomic mass is 16.4. The van der Waals surface area contributed by atoms with E-state index in [4.69, 9.17) is 5.11 Å². The Morgan fingerprint density at radius 1 is 1.15 bits per heavy atom. The third kappa shape index (κ3) is 3.10. The molecule has 1 atom stereocenters. The molecule has 2 rings (SSSR count). The summed E-state index contributed by atoms with van der Waals surface area (Å²) in [4.78, 5) is 27.1. The molecule has 0 saturated carbocycles. The van der Waals surface area contributed by atoms with Gasteiger partial charge in [-0.15, -0.1) is 0 Å². The standard InChI is InChI=1S/C15H20N2O3/c1-2-13(15(19)20)14(18)17-10-8-16(9-11-17)12-6-4-3-5-7-12/h3-7,13H,2,8-11H2,1H3,(H,19,20). The fourth-order valence-electron chi connectivity index (χ4n) is 2.50. The van der Waals surface area contributed by atoms with Gasteiger partial charge in [0.2, 0.25) is 5.91 Å². The highest BCUT2D eigenvalue weighted by Crippen LogP contribution is 2.17. The van der Waals surface area contributed by atoms with Crippen LogP contribution in [0.1, 0.15) is 13.3 Å². The zero-order chi connectivity index (χ0) is 14.5. The summed E-state index contributed by atoms with van der Waals surface area (Å²) >= 11 is 0. The maximum Gasteiger partial charge on any atom is 0.316 e. The van der Waals surface area contributed by atoms with Gasteiger partial charge in [-0.2, -0.15) is 0 Å². The van der Waals surface area contributed by atoms with Crippen molar-refractivity contribution in [2.24, 2.45) is 5.92 Å². The van der Waals surface area contributed by atoms with E-state index in [0.29, 0.717) is 19.5 Å². The van der Waals surface area contributed by atoms with Gasteiger partial charge < -0.3 is 14.9 Å².